The van der Waals surface area contributed by atoms with Crippen molar-refractivity contribution < 1.29 is 9.47 Å². The number of ether oxygens (including phenoxy) is 2. The highest BCUT2D eigenvalue weighted by Gasteiger charge is 2.25. The fourth-order valence-corrected chi connectivity index (χ4v) is 4.49. The Morgan fingerprint density at radius 1 is 1.16 bits per heavy atom. The lowest BCUT2D eigenvalue weighted by atomic mass is 10.0. The van der Waals surface area contributed by atoms with Crippen LogP contribution in [0, 0.1) is 0 Å². The Morgan fingerprint density at radius 3 is 2.77 bits per heavy atom. The van der Waals surface area contributed by atoms with Gasteiger partial charge in [0, 0.05) is 43.2 Å². The van der Waals surface area contributed by atoms with E-state index in [1.807, 2.05) is 18.2 Å². The van der Waals surface area contributed by atoms with E-state index in [1.54, 1.807) is 19.5 Å². The zero-order chi connectivity index (χ0) is 21.2. The van der Waals surface area contributed by atoms with Crippen LogP contribution in [0.15, 0.2) is 42.7 Å². The minimum absolute atomic E-state index is 0.0798. The third-order valence-electron chi connectivity index (χ3n) is 6.11. The van der Waals surface area contributed by atoms with Crippen molar-refractivity contribution in [2.75, 3.05) is 32.5 Å². The molecule has 1 atom stereocenters. The van der Waals surface area contributed by atoms with Crippen LogP contribution in [0.1, 0.15) is 34.9 Å². The Hall–Kier alpha value is -3.03. The van der Waals surface area contributed by atoms with Crippen LogP contribution in [-0.4, -0.2) is 46.7 Å². The zero-order valence-electron chi connectivity index (χ0n) is 17.8. The molecule has 1 saturated heterocycles. The molecule has 2 aromatic heterocycles. The summed E-state index contributed by atoms with van der Waals surface area (Å²) in [4.78, 5) is 15.4. The third kappa shape index (κ3) is 4.24. The van der Waals surface area contributed by atoms with Gasteiger partial charge in [0.1, 0.15) is 11.9 Å². The number of hydrogen-bond donors (Lipinski definition) is 1. The summed E-state index contributed by atoms with van der Waals surface area (Å²) in [5, 5.41) is 0. The van der Waals surface area contributed by atoms with E-state index >= 15 is 0 Å². The minimum Gasteiger partial charge on any atom is -0.496 e. The summed E-state index contributed by atoms with van der Waals surface area (Å²) in [6.07, 6.45) is 6.88. The molecule has 5 rings (SSSR count). The SMILES string of the molecule is COc1cc2c(cc1CN1CCO[C@H](c3cccc(-c4cnc(N)nc4)n3)C1)CCC2. The lowest BCUT2D eigenvalue weighted by molar-refractivity contribution is -0.0351. The molecule has 0 unspecified atom stereocenters. The number of nitrogens with zero attached hydrogens (tertiary/aromatic N) is 4. The van der Waals surface area contributed by atoms with Gasteiger partial charge in [0.25, 0.3) is 0 Å². The number of aryl methyl sites for hydroxylation is 2. The van der Waals surface area contributed by atoms with Gasteiger partial charge in [-0.3, -0.25) is 4.90 Å². The fraction of sp³-hybridized carbons (Fsp3) is 0.375. The predicted molar refractivity (Wildman–Crippen MR) is 119 cm³/mol. The summed E-state index contributed by atoms with van der Waals surface area (Å²) in [6, 6.07) is 10.5. The van der Waals surface area contributed by atoms with Gasteiger partial charge in [-0.25, -0.2) is 15.0 Å². The number of rotatable bonds is 5. The summed E-state index contributed by atoms with van der Waals surface area (Å²) in [6.45, 7) is 3.20. The lowest BCUT2D eigenvalue weighted by Gasteiger charge is -2.33. The number of anilines is 1. The first-order chi connectivity index (χ1) is 15.2. The molecule has 0 amide bonds. The Kier molecular flexibility index (Phi) is 5.53. The lowest BCUT2D eigenvalue weighted by Crippen LogP contribution is -2.38. The normalized spacial score (nSPS) is 18.7. The standard InChI is InChI=1S/C24H27N5O2/c1-30-22-11-17-5-2-4-16(17)10-18(22)14-29-8-9-31-23(15-29)21-7-3-6-20(28-21)19-12-26-24(25)27-13-19/h3,6-7,10-13,23H,2,4-5,8-9,14-15H2,1H3,(H2,25,26,27)/t23-/m0/s1. The first-order valence-electron chi connectivity index (χ1n) is 10.8. The molecule has 2 N–H and O–H groups in total. The number of methoxy groups -OCH3 is 1. The van der Waals surface area contributed by atoms with E-state index in [0.29, 0.717) is 6.61 Å². The molecular formula is C24H27N5O2. The maximum atomic E-state index is 6.09. The average Bonchev–Trinajstić information content (AvgIpc) is 3.26. The van der Waals surface area contributed by atoms with Crippen molar-refractivity contribution in [1.29, 1.82) is 0 Å². The van der Waals surface area contributed by atoms with E-state index in [0.717, 1.165) is 48.8 Å². The molecule has 1 aliphatic heterocycles. The summed E-state index contributed by atoms with van der Waals surface area (Å²) < 4.78 is 11.8. The van der Waals surface area contributed by atoms with Crippen LogP contribution in [0.4, 0.5) is 5.95 Å². The summed E-state index contributed by atoms with van der Waals surface area (Å²) in [5.74, 6) is 1.25. The van der Waals surface area contributed by atoms with Crippen molar-refractivity contribution in [2.45, 2.75) is 31.9 Å². The summed E-state index contributed by atoms with van der Waals surface area (Å²) >= 11 is 0. The number of morpholine rings is 1. The van der Waals surface area contributed by atoms with Crippen LogP contribution in [0.3, 0.4) is 0 Å². The Balaban J connectivity index is 1.33. The van der Waals surface area contributed by atoms with Crippen LogP contribution in [0.2, 0.25) is 0 Å². The molecular weight excluding hydrogens is 390 g/mol. The third-order valence-corrected chi connectivity index (χ3v) is 6.11. The van der Waals surface area contributed by atoms with Crippen LogP contribution >= 0.6 is 0 Å². The summed E-state index contributed by atoms with van der Waals surface area (Å²) in [7, 11) is 1.76. The van der Waals surface area contributed by atoms with Gasteiger partial charge in [0.2, 0.25) is 5.95 Å². The Labute approximate surface area is 182 Å². The first-order valence-corrected chi connectivity index (χ1v) is 10.8. The smallest absolute Gasteiger partial charge is 0.219 e. The molecule has 0 spiro atoms. The highest BCUT2D eigenvalue weighted by atomic mass is 16.5. The molecule has 31 heavy (non-hydrogen) atoms. The molecule has 2 aliphatic rings. The van der Waals surface area contributed by atoms with Crippen molar-refractivity contribution >= 4 is 5.95 Å². The van der Waals surface area contributed by atoms with Gasteiger partial charge in [-0.05, 0) is 48.6 Å². The number of aromatic nitrogens is 3. The van der Waals surface area contributed by atoms with Crippen molar-refractivity contribution in [3.05, 3.63) is 65.1 Å². The molecule has 0 bridgehead atoms. The van der Waals surface area contributed by atoms with E-state index in [-0.39, 0.29) is 12.1 Å². The van der Waals surface area contributed by atoms with E-state index in [2.05, 4.69) is 27.0 Å². The van der Waals surface area contributed by atoms with E-state index < -0.39 is 0 Å². The van der Waals surface area contributed by atoms with Crippen molar-refractivity contribution in [2.24, 2.45) is 0 Å². The van der Waals surface area contributed by atoms with Crippen LogP contribution in [-0.2, 0) is 24.1 Å². The largest absolute Gasteiger partial charge is 0.496 e. The molecule has 160 valence electrons. The fourth-order valence-electron chi connectivity index (χ4n) is 4.49. The average molecular weight is 418 g/mol. The molecule has 1 fully saturated rings. The van der Waals surface area contributed by atoms with Crippen LogP contribution in [0.5, 0.6) is 5.75 Å². The minimum atomic E-state index is -0.0798. The second-order valence-electron chi connectivity index (χ2n) is 8.16. The van der Waals surface area contributed by atoms with E-state index in [4.69, 9.17) is 20.2 Å². The number of nitrogens with two attached hydrogens (primary N) is 1. The van der Waals surface area contributed by atoms with Gasteiger partial charge >= 0.3 is 0 Å². The molecule has 7 heteroatoms. The molecule has 1 aromatic carbocycles. The predicted octanol–water partition coefficient (Wildman–Crippen LogP) is 3.19. The van der Waals surface area contributed by atoms with Gasteiger partial charge < -0.3 is 15.2 Å². The van der Waals surface area contributed by atoms with Crippen LogP contribution in [0.25, 0.3) is 11.3 Å². The first kappa shape index (κ1) is 19.9. The van der Waals surface area contributed by atoms with Crippen molar-refractivity contribution in [3.8, 4) is 17.0 Å². The number of fused-ring (bicyclic) bond motifs is 1. The number of benzene rings is 1. The van der Waals surface area contributed by atoms with Crippen molar-refractivity contribution in [1.82, 2.24) is 19.9 Å². The second-order valence-corrected chi connectivity index (χ2v) is 8.16. The molecule has 0 saturated carbocycles. The van der Waals surface area contributed by atoms with E-state index in [9.17, 15) is 0 Å². The summed E-state index contributed by atoms with van der Waals surface area (Å²) in [5.41, 5.74) is 12.3. The quantitative estimate of drug-likeness (QED) is 0.682. The van der Waals surface area contributed by atoms with Gasteiger partial charge in [0.05, 0.1) is 25.1 Å². The number of pyridine rings is 1. The Morgan fingerprint density at radius 2 is 1.97 bits per heavy atom. The van der Waals surface area contributed by atoms with Gasteiger partial charge in [-0.2, -0.15) is 0 Å². The van der Waals surface area contributed by atoms with Gasteiger partial charge in [-0.15, -0.1) is 0 Å². The zero-order valence-corrected chi connectivity index (χ0v) is 17.8. The monoisotopic (exact) mass is 417 g/mol. The molecule has 7 nitrogen and oxygen atoms in total. The second kappa shape index (κ2) is 8.61. The molecule has 0 radical (unpaired) electrons. The van der Waals surface area contributed by atoms with Gasteiger partial charge in [0.15, 0.2) is 0 Å². The molecule has 1 aliphatic carbocycles. The highest BCUT2D eigenvalue weighted by Crippen LogP contribution is 2.32. The molecule has 3 heterocycles. The van der Waals surface area contributed by atoms with E-state index in [1.165, 1.54) is 29.5 Å². The van der Waals surface area contributed by atoms with Crippen LogP contribution < -0.4 is 10.5 Å². The highest BCUT2D eigenvalue weighted by molar-refractivity contribution is 5.57. The number of hydrogen-bond acceptors (Lipinski definition) is 7. The topological polar surface area (TPSA) is 86.4 Å². The maximum absolute atomic E-state index is 6.09. The van der Waals surface area contributed by atoms with Gasteiger partial charge in [-0.1, -0.05) is 12.1 Å². The van der Waals surface area contributed by atoms with Crippen molar-refractivity contribution in [3.63, 3.8) is 0 Å². The molecule has 3 aromatic rings. The Bertz CT molecular complexity index is 1070. The maximum Gasteiger partial charge on any atom is 0.219 e. The number of nitrogen functional groups attached to an aromatic ring is 1.